The number of hydrogen-bond donors (Lipinski definition) is 1. The van der Waals surface area contributed by atoms with E-state index in [9.17, 15) is 18.0 Å². The van der Waals surface area contributed by atoms with Crippen LogP contribution in [0.5, 0.6) is 0 Å². The van der Waals surface area contributed by atoms with Gasteiger partial charge in [-0.3, -0.25) is 5.32 Å². The number of ether oxygens (including phenoxy) is 5. The van der Waals surface area contributed by atoms with Gasteiger partial charge in [0.1, 0.15) is 46.8 Å². The predicted molar refractivity (Wildman–Crippen MR) is 172 cm³/mol. The van der Waals surface area contributed by atoms with Gasteiger partial charge in [-0.1, -0.05) is 58.9 Å². The maximum Gasteiger partial charge on any atom is 0.417 e. The minimum atomic E-state index is -4.59. The number of thioether (sulfide) groups is 1. The molecule has 6 rings (SSSR count). The van der Waals surface area contributed by atoms with Crippen LogP contribution in [-0.4, -0.2) is 69.1 Å². The number of alkyl halides is 3. The van der Waals surface area contributed by atoms with E-state index in [4.69, 9.17) is 35.3 Å². The highest BCUT2D eigenvalue weighted by atomic mass is 35.5. The first kappa shape index (κ1) is 34.6. The molecule has 0 bridgehead atoms. The molecule has 17 heteroatoms. The quantitative estimate of drug-likeness (QED) is 0.204. The van der Waals surface area contributed by atoms with Gasteiger partial charge in [-0.2, -0.15) is 13.2 Å². The Morgan fingerprint density at radius 1 is 1.12 bits per heavy atom. The van der Waals surface area contributed by atoms with Crippen LogP contribution in [0, 0.1) is 0 Å². The number of anilines is 1. The van der Waals surface area contributed by atoms with E-state index in [0.29, 0.717) is 21.4 Å². The molecule has 2 aromatic carbocycles. The number of benzene rings is 2. The lowest BCUT2D eigenvalue weighted by Crippen LogP contribution is -2.59. The lowest BCUT2D eigenvalue weighted by Gasteiger charge is -2.48. The Bertz CT molecular complexity index is 1740. The Morgan fingerprint density at radius 3 is 2.58 bits per heavy atom. The Hall–Kier alpha value is -3.25. The Labute approximate surface area is 287 Å². The number of amides is 1. The summed E-state index contributed by atoms with van der Waals surface area (Å²) in [6.45, 7) is 5.45. The lowest BCUT2D eigenvalue weighted by molar-refractivity contribution is -0.308. The van der Waals surface area contributed by atoms with Gasteiger partial charge in [0.15, 0.2) is 11.4 Å². The predicted octanol–water partition coefficient (Wildman–Crippen LogP) is 7.61. The molecule has 2 aliphatic heterocycles. The molecule has 4 aromatic rings. The fraction of sp³-hybridized carbons (Fsp3) is 0.419. The van der Waals surface area contributed by atoms with Crippen molar-refractivity contribution in [1.29, 1.82) is 0 Å². The number of aromatic nitrogens is 4. The van der Waals surface area contributed by atoms with Crippen LogP contribution in [-0.2, 0) is 29.9 Å². The van der Waals surface area contributed by atoms with Crippen LogP contribution in [0.3, 0.4) is 0 Å². The van der Waals surface area contributed by atoms with E-state index in [2.05, 4.69) is 20.6 Å². The summed E-state index contributed by atoms with van der Waals surface area (Å²) in [5, 5.41) is 13.0. The summed E-state index contributed by atoms with van der Waals surface area (Å²) in [7, 11) is 1.51. The summed E-state index contributed by atoms with van der Waals surface area (Å²) >= 11 is 8.39. The van der Waals surface area contributed by atoms with Gasteiger partial charge in [0.05, 0.1) is 23.4 Å². The number of carbonyl (C=O) groups excluding carboxylic acids is 1. The fourth-order valence-electron chi connectivity index (χ4n) is 5.31. The minimum absolute atomic E-state index is 0.162. The third kappa shape index (κ3) is 7.80. The standard InChI is InChI=1S/C31H31ClF3N5O6S2/c1-30(2,3)46-29(41)37-28-36-21(15-47-28)20-13-40(39-38-20)23-24-22(14-43-26(45-24)16-8-6-5-7-9-16)44-27(25(23)42-4)48-17-10-11-18(19(32)12-17)31(33,34)35/h5-13,15,22-27H,14H2,1-4H3,(H,36,37,41). The van der Waals surface area contributed by atoms with Crippen molar-refractivity contribution in [3.05, 3.63) is 76.3 Å². The SMILES string of the molecule is COC1C(Sc2ccc(C(F)(F)F)c(Cl)c2)OC2COC(c3ccccc3)OC2C1n1cc(-c2csc(NC(=O)OC(C)(C)C)n2)nn1. The van der Waals surface area contributed by atoms with E-state index < -0.39 is 64.5 Å². The van der Waals surface area contributed by atoms with Crippen molar-refractivity contribution in [1.82, 2.24) is 20.0 Å². The summed E-state index contributed by atoms with van der Waals surface area (Å²) in [6, 6.07) is 12.4. The molecule has 0 aliphatic carbocycles. The zero-order chi connectivity index (χ0) is 34.2. The molecule has 11 nitrogen and oxygen atoms in total. The number of fused-ring (bicyclic) bond motifs is 1. The van der Waals surface area contributed by atoms with E-state index in [-0.39, 0.29) is 6.61 Å². The van der Waals surface area contributed by atoms with Crippen LogP contribution in [0.2, 0.25) is 5.02 Å². The lowest BCUT2D eigenvalue weighted by atomic mass is 9.95. The number of halogens is 4. The number of methoxy groups -OCH3 is 1. The molecule has 4 heterocycles. The summed E-state index contributed by atoms with van der Waals surface area (Å²) in [5.74, 6) is 0. The van der Waals surface area contributed by atoms with Crippen LogP contribution >= 0.6 is 34.7 Å². The zero-order valence-electron chi connectivity index (χ0n) is 26.0. The van der Waals surface area contributed by atoms with Crippen molar-refractivity contribution < 1.29 is 41.7 Å². The third-order valence-electron chi connectivity index (χ3n) is 7.34. The summed E-state index contributed by atoms with van der Waals surface area (Å²) in [5.41, 5.74) is -0.631. The van der Waals surface area contributed by atoms with E-state index in [1.165, 1.54) is 30.6 Å². The molecule has 1 N–H and O–H groups in total. The second kappa shape index (κ2) is 13.9. The minimum Gasteiger partial charge on any atom is -0.444 e. The number of nitrogens with one attached hydrogen (secondary N) is 1. The van der Waals surface area contributed by atoms with Crippen molar-refractivity contribution in [2.45, 2.75) is 73.5 Å². The number of nitrogens with zero attached hydrogens (tertiary/aromatic N) is 4. The molecular weight excluding hydrogens is 695 g/mol. The maximum absolute atomic E-state index is 13.4. The first-order valence-corrected chi connectivity index (χ1v) is 16.8. The van der Waals surface area contributed by atoms with E-state index >= 15 is 0 Å². The van der Waals surface area contributed by atoms with E-state index in [0.717, 1.165) is 23.4 Å². The van der Waals surface area contributed by atoms with Crippen molar-refractivity contribution in [3.63, 3.8) is 0 Å². The molecule has 0 radical (unpaired) electrons. The molecule has 48 heavy (non-hydrogen) atoms. The topological polar surface area (TPSA) is 119 Å². The van der Waals surface area contributed by atoms with Gasteiger partial charge in [-0.05, 0) is 39.0 Å². The average molecular weight is 726 g/mol. The second-order valence-electron chi connectivity index (χ2n) is 11.9. The Morgan fingerprint density at radius 2 is 1.90 bits per heavy atom. The van der Waals surface area contributed by atoms with Crippen LogP contribution < -0.4 is 5.32 Å². The van der Waals surface area contributed by atoms with Crippen LogP contribution in [0.25, 0.3) is 11.4 Å². The largest absolute Gasteiger partial charge is 0.444 e. The zero-order valence-corrected chi connectivity index (χ0v) is 28.4. The van der Waals surface area contributed by atoms with Gasteiger partial charge < -0.3 is 23.7 Å². The molecule has 0 saturated carbocycles. The van der Waals surface area contributed by atoms with Crippen LogP contribution in [0.15, 0.2) is 65.0 Å². The van der Waals surface area contributed by atoms with Gasteiger partial charge in [0.25, 0.3) is 0 Å². The first-order chi connectivity index (χ1) is 22.8. The van der Waals surface area contributed by atoms with Gasteiger partial charge >= 0.3 is 12.3 Å². The maximum atomic E-state index is 13.4. The number of carbonyl (C=O) groups is 1. The monoisotopic (exact) mass is 725 g/mol. The fourth-order valence-corrected chi connectivity index (χ4v) is 7.55. The number of thiazole rings is 1. The molecule has 2 saturated heterocycles. The van der Waals surface area contributed by atoms with Crippen molar-refractivity contribution in [3.8, 4) is 11.4 Å². The van der Waals surface area contributed by atoms with Crippen molar-refractivity contribution >= 4 is 45.9 Å². The molecule has 2 aliphatic rings. The molecular formula is C31H31ClF3N5O6S2. The molecule has 6 unspecified atom stereocenters. The summed E-state index contributed by atoms with van der Waals surface area (Å²) < 4.78 is 72.0. The molecule has 2 fully saturated rings. The van der Waals surface area contributed by atoms with Crippen molar-refractivity contribution in [2.24, 2.45) is 0 Å². The molecule has 256 valence electrons. The highest BCUT2D eigenvalue weighted by molar-refractivity contribution is 7.99. The highest BCUT2D eigenvalue weighted by Crippen LogP contribution is 2.45. The average Bonchev–Trinajstić information content (AvgIpc) is 3.69. The van der Waals surface area contributed by atoms with E-state index in [1.807, 2.05) is 30.3 Å². The van der Waals surface area contributed by atoms with Crippen LogP contribution in [0.4, 0.5) is 23.1 Å². The normalized spacial score (nSPS) is 24.6. The molecule has 2 aromatic heterocycles. The van der Waals surface area contributed by atoms with Gasteiger partial charge in [0.2, 0.25) is 0 Å². The second-order valence-corrected chi connectivity index (χ2v) is 14.4. The summed E-state index contributed by atoms with van der Waals surface area (Å²) in [6.07, 6.45) is -6.17. The summed E-state index contributed by atoms with van der Waals surface area (Å²) in [4.78, 5) is 17.2. The smallest absolute Gasteiger partial charge is 0.417 e. The van der Waals surface area contributed by atoms with Gasteiger partial charge in [-0.25, -0.2) is 14.5 Å². The van der Waals surface area contributed by atoms with Crippen molar-refractivity contribution in [2.75, 3.05) is 19.0 Å². The Balaban J connectivity index is 1.29. The third-order valence-corrected chi connectivity index (χ3v) is 9.55. The molecule has 6 atom stereocenters. The van der Waals surface area contributed by atoms with Gasteiger partial charge in [-0.15, -0.1) is 16.4 Å². The Kier molecular flexibility index (Phi) is 10.0. The number of rotatable bonds is 7. The van der Waals surface area contributed by atoms with Gasteiger partial charge in [0, 0.05) is 22.9 Å². The molecule has 0 spiro atoms. The molecule has 1 amide bonds. The van der Waals surface area contributed by atoms with E-state index in [1.54, 1.807) is 37.0 Å². The van der Waals surface area contributed by atoms with Crippen LogP contribution in [0.1, 0.15) is 44.2 Å². The highest BCUT2D eigenvalue weighted by Gasteiger charge is 2.52. The first-order valence-electron chi connectivity index (χ1n) is 14.7. The number of hydrogen-bond acceptors (Lipinski definition) is 11.